The van der Waals surface area contributed by atoms with Crippen LogP contribution in [0, 0.1) is 6.42 Å². The number of carbonyl (C=O) groups excluding carboxylic acids is 1. The van der Waals surface area contributed by atoms with Crippen LogP contribution in [0.15, 0.2) is 23.4 Å². The number of nitrogens with one attached hydrogen (secondary N) is 1. The molecule has 0 bridgehead atoms. The molecule has 0 aromatic heterocycles. The molecule has 0 saturated carbocycles. The first-order valence-corrected chi connectivity index (χ1v) is 4.53. The number of rotatable bonds is 3. The second-order valence-corrected chi connectivity index (χ2v) is 2.97. The molecule has 3 nitrogen and oxygen atoms in total. The average molecular weight is 179 g/mol. The van der Waals surface area contributed by atoms with Gasteiger partial charge in [-0.05, 0) is 18.9 Å². The summed E-state index contributed by atoms with van der Waals surface area (Å²) in [5.41, 5.74) is 6.82. The molecule has 0 aromatic rings. The molecular formula is C10H15N2O. The van der Waals surface area contributed by atoms with E-state index in [2.05, 4.69) is 5.32 Å². The van der Waals surface area contributed by atoms with E-state index in [1.807, 2.05) is 19.4 Å². The highest BCUT2D eigenvalue weighted by Gasteiger charge is 2.13. The first-order chi connectivity index (χ1) is 6.25. The molecule has 3 N–H and O–H groups in total. The SMILES string of the molecule is CCCNC(=O)C1=C(N)C=CC[CH]1. The molecule has 0 aliphatic heterocycles. The van der Waals surface area contributed by atoms with Gasteiger partial charge in [0.2, 0.25) is 5.91 Å². The van der Waals surface area contributed by atoms with E-state index in [0.717, 1.165) is 12.8 Å². The largest absolute Gasteiger partial charge is 0.398 e. The van der Waals surface area contributed by atoms with Gasteiger partial charge in [-0.15, -0.1) is 0 Å². The van der Waals surface area contributed by atoms with Crippen LogP contribution < -0.4 is 11.1 Å². The summed E-state index contributed by atoms with van der Waals surface area (Å²) in [7, 11) is 0. The fourth-order valence-electron chi connectivity index (χ4n) is 1.15. The average Bonchev–Trinajstić information content (AvgIpc) is 2.15. The minimum Gasteiger partial charge on any atom is -0.398 e. The van der Waals surface area contributed by atoms with Crippen LogP contribution >= 0.6 is 0 Å². The molecule has 71 valence electrons. The molecule has 1 rings (SSSR count). The number of nitrogens with two attached hydrogens (primary N) is 1. The Balaban J connectivity index is 2.59. The number of hydrogen-bond donors (Lipinski definition) is 2. The monoisotopic (exact) mass is 179 g/mol. The van der Waals surface area contributed by atoms with Crippen molar-refractivity contribution in [1.29, 1.82) is 0 Å². The molecule has 0 heterocycles. The van der Waals surface area contributed by atoms with Gasteiger partial charge in [0.1, 0.15) is 0 Å². The van der Waals surface area contributed by atoms with E-state index < -0.39 is 0 Å². The van der Waals surface area contributed by atoms with Gasteiger partial charge in [0.25, 0.3) is 0 Å². The summed E-state index contributed by atoms with van der Waals surface area (Å²) in [6, 6.07) is 0. The van der Waals surface area contributed by atoms with Crippen LogP contribution in [0.3, 0.4) is 0 Å². The van der Waals surface area contributed by atoms with Crippen molar-refractivity contribution in [2.45, 2.75) is 19.8 Å². The molecule has 0 atom stereocenters. The van der Waals surface area contributed by atoms with Crippen molar-refractivity contribution in [3.05, 3.63) is 29.8 Å². The van der Waals surface area contributed by atoms with Gasteiger partial charge in [0.05, 0.1) is 0 Å². The molecule has 1 aliphatic carbocycles. The third kappa shape index (κ3) is 2.61. The summed E-state index contributed by atoms with van der Waals surface area (Å²) >= 11 is 0. The minimum atomic E-state index is -0.0660. The van der Waals surface area contributed by atoms with Crippen molar-refractivity contribution >= 4 is 5.91 Å². The highest BCUT2D eigenvalue weighted by atomic mass is 16.1. The van der Waals surface area contributed by atoms with Crippen LogP contribution in [0.1, 0.15) is 19.8 Å². The van der Waals surface area contributed by atoms with Gasteiger partial charge in [0.15, 0.2) is 0 Å². The molecule has 0 spiro atoms. The summed E-state index contributed by atoms with van der Waals surface area (Å²) in [5, 5.41) is 2.79. The third-order valence-electron chi connectivity index (χ3n) is 1.85. The Hall–Kier alpha value is -1.25. The molecule has 3 heteroatoms. The van der Waals surface area contributed by atoms with E-state index in [-0.39, 0.29) is 5.91 Å². The van der Waals surface area contributed by atoms with Gasteiger partial charge in [-0.3, -0.25) is 4.79 Å². The second kappa shape index (κ2) is 4.70. The zero-order chi connectivity index (χ0) is 9.68. The maximum atomic E-state index is 11.5. The van der Waals surface area contributed by atoms with Crippen molar-refractivity contribution < 1.29 is 4.79 Å². The highest BCUT2D eigenvalue weighted by Crippen LogP contribution is 2.14. The quantitative estimate of drug-likeness (QED) is 0.676. The summed E-state index contributed by atoms with van der Waals surface area (Å²) in [6.07, 6.45) is 7.29. The van der Waals surface area contributed by atoms with E-state index in [1.54, 1.807) is 6.08 Å². The van der Waals surface area contributed by atoms with Crippen LogP contribution in [-0.2, 0) is 4.79 Å². The highest BCUT2D eigenvalue weighted by molar-refractivity contribution is 5.96. The van der Waals surface area contributed by atoms with Gasteiger partial charge in [-0.25, -0.2) is 0 Å². The maximum absolute atomic E-state index is 11.5. The Morgan fingerprint density at radius 3 is 3.08 bits per heavy atom. The lowest BCUT2D eigenvalue weighted by Crippen LogP contribution is -2.28. The molecule has 0 aromatic carbocycles. The van der Waals surface area contributed by atoms with E-state index in [4.69, 9.17) is 5.73 Å². The number of hydrogen-bond acceptors (Lipinski definition) is 2. The summed E-state index contributed by atoms with van der Waals surface area (Å²) in [5.74, 6) is -0.0660. The summed E-state index contributed by atoms with van der Waals surface area (Å²) in [6.45, 7) is 2.72. The molecule has 0 fully saturated rings. The predicted molar refractivity (Wildman–Crippen MR) is 52.6 cm³/mol. The molecule has 1 radical (unpaired) electrons. The predicted octanol–water partition coefficient (Wildman–Crippen LogP) is 0.890. The summed E-state index contributed by atoms with van der Waals surface area (Å²) < 4.78 is 0. The van der Waals surface area contributed by atoms with Crippen molar-refractivity contribution in [2.24, 2.45) is 5.73 Å². The molecule has 13 heavy (non-hydrogen) atoms. The number of amides is 1. The fourth-order valence-corrected chi connectivity index (χ4v) is 1.15. The lowest BCUT2D eigenvalue weighted by Gasteiger charge is -2.11. The Morgan fingerprint density at radius 1 is 1.69 bits per heavy atom. The smallest absolute Gasteiger partial charge is 0.249 e. The minimum absolute atomic E-state index is 0.0660. The van der Waals surface area contributed by atoms with Crippen LogP contribution in [0.4, 0.5) is 0 Å². The second-order valence-electron chi connectivity index (χ2n) is 2.97. The van der Waals surface area contributed by atoms with E-state index in [1.165, 1.54) is 0 Å². The lowest BCUT2D eigenvalue weighted by molar-refractivity contribution is -0.117. The molecule has 0 saturated heterocycles. The Bertz CT molecular complexity index is 254. The maximum Gasteiger partial charge on any atom is 0.249 e. The van der Waals surface area contributed by atoms with E-state index in [0.29, 0.717) is 17.8 Å². The van der Waals surface area contributed by atoms with Gasteiger partial charge >= 0.3 is 0 Å². The topological polar surface area (TPSA) is 55.1 Å². The van der Waals surface area contributed by atoms with E-state index in [9.17, 15) is 4.79 Å². The normalized spacial score (nSPS) is 16.1. The molecular weight excluding hydrogens is 164 g/mol. The van der Waals surface area contributed by atoms with Crippen molar-refractivity contribution in [3.8, 4) is 0 Å². The Kier molecular flexibility index (Phi) is 3.55. The van der Waals surface area contributed by atoms with Crippen molar-refractivity contribution in [2.75, 3.05) is 6.54 Å². The van der Waals surface area contributed by atoms with Crippen molar-refractivity contribution in [3.63, 3.8) is 0 Å². The van der Waals surface area contributed by atoms with Gasteiger partial charge < -0.3 is 11.1 Å². The van der Waals surface area contributed by atoms with Crippen LogP contribution in [0.2, 0.25) is 0 Å². The summed E-state index contributed by atoms with van der Waals surface area (Å²) in [4.78, 5) is 11.5. The van der Waals surface area contributed by atoms with E-state index >= 15 is 0 Å². The zero-order valence-corrected chi connectivity index (χ0v) is 7.84. The van der Waals surface area contributed by atoms with Crippen LogP contribution in [0.5, 0.6) is 0 Å². The first-order valence-electron chi connectivity index (χ1n) is 4.53. The van der Waals surface area contributed by atoms with Gasteiger partial charge in [0, 0.05) is 24.2 Å². The van der Waals surface area contributed by atoms with Crippen LogP contribution in [0.25, 0.3) is 0 Å². The third-order valence-corrected chi connectivity index (χ3v) is 1.85. The number of allylic oxidation sites excluding steroid dienone is 2. The first kappa shape index (κ1) is 9.84. The Labute approximate surface area is 78.7 Å². The van der Waals surface area contributed by atoms with Crippen LogP contribution in [-0.4, -0.2) is 12.5 Å². The fraction of sp³-hybridized carbons (Fsp3) is 0.400. The number of carbonyl (C=O) groups is 1. The molecule has 0 unspecified atom stereocenters. The Morgan fingerprint density at radius 2 is 2.46 bits per heavy atom. The van der Waals surface area contributed by atoms with Crippen molar-refractivity contribution in [1.82, 2.24) is 5.32 Å². The van der Waals surface area contributed by atoms with Gasteiger partial charge in [-0.2, -0.15) is 0 Å². The zero-order valence-electron chi connectivity index (χ0n) is 7.84. The lowest BCUT2D eigenvalue weighted by atomic mass is 10.0. The standard InChI is InChI=1S/C10H15N2O/c1-2-7-12-10(13)8-5-3-4-6-9(8)11/h4-6H,2-3,7,11H2,1H3,(H,12,13). The molecule has 1 aliphatic rings. The van der Waals surface area contributed by atoms with Gasteiger partial charge in [-0.1, -0.05) is 13.0 Å². The molecule has 1 amide bonds.